The minimum absolute atomic E-state index is 0.0168. The maximum absolute atomic E-state index is 12.1. The Morgan fingerprint density at radius 3 is 3.00 bits per heavy atom. The number of carboxylic acids is 1. The lowest BCUT2D eigenvalue weighted by molar-refractivity contribution is -0.116. The second kappa shape index (κ2) is 7.33. The fourth-order valence-corrected chi connectivity index (χ4v) is 3.91. The Balaban J connectivity index is 1.64. The number of carboxylic acid groups (broad SMARTS) is 1. The molecule has 1 aromatic heterocycles. The zero-order valence-corrected chi connectivity index (χ0v) is 14.0. The Morgan fingerprint density at radius 1 is 1.46 bits per heavy atom. The largest absolute Gasteiger partial charge is 0.535 e. The summed E-state index contributed by atoms with van der Waals surface area (Å²) in [6.45, 7) is 0. The van der Waals surface area contributed by atoms with E-state index in [4.69, 9.17) is 4.65 Å². The van der Waals surface area contributed by atoms with E-state index in [2.05, 4.69) is 10.2 Å². The van der Waals surface area contributed by atoms with Gasteiger partial charge in [-0.3, -0.25) is 4.79 Å². The van der Waals surface area contributed by atoms with Crippen molar-refractivity contribution in [2.45, 2.75) is 23.0 Å². The average molecular weight is 364 g/mol. The molecule has 1 aromatic carbocycles. The smallest absolute Gasteiger partial charge is 0.526 e. The molecule has 7 nitrogen and oxygen atoms in total. The van der Waals surface area contributed by atoms with Gasteiger partial charge < -0.3 is 14.8 Å². The summed E-state index contributed by atoms with van der Waals surface area (Å²) in [6, 6.07) is 4.81. The van der Waals surface area contributed by atoms with E-state index in [1.54, 1.807) is 17.6 Å². The Hall–Kier alpha value is -1.91. The number of hydrogen-bond donors (Lipinski definition) is 2. The molecule has 0 spiro atoms. The van der Waals surface area contributed by atoms with Crippen LogP contribution in [-0.2, 0) is 11.2 Å². The number of Topliss-reactive ketones (excluding diaryl/α,β-unsaturated/α-hetero) is 1. The summed E-state index contributed by atoms with van der Waals surface area (Å²) in [4.78, 5) is 23.3. The third kappa shape index (κ3) is 3.77. The van der Waals surface area contributed by atoms with E-state index in [0.29, 0.717) is 12.0 Å². The van der Waals surface area contributed by atoms with Crippen LogP contribution < -0.4 is 4.65 Å². The highest BCUT2D eigenvalue weighted by atomic mass is 32.2. The molecule has 2 heterocycles. The molecule has 0 radical (unpaired) electrons. The van der Waals surface area contributed by atoms with Gasteiger partial charge in [0.15, 0.2) is 4.34 Å². The molecule has 3 rings (SSSR count). The van der Waals surface area contributed by atoms with Crippen LogP contribution in [0.25, 0.3) is 0 Å². The van der Waals surface area contributed by atoms with Crippen LogP contribution in [-0.4, -0.2) is 45.0 Å². The number of ketones is 1. The Bertz CT molecular complexity index is 756. The monoisotopic (exact) mass is 364 g/mol. The van der Waals surface area contributed by atoms with Gasteiger partial charge in [0.2, 0.25) is 0 Å². The predicted octanol–water partition coefficient (Wildman–Crippen LogP) is 1.77. The molecule has 0 fully saturated rings. The van der Waals surface area contributed by atoms with Gasteiger partial charge in [0.25, 0.3) is 0 Å². The lowest BCUT2D eigenvalue weighted by Gasteiger charge is -2.27. The summed E-state index contributed by atoms with van der Waals surface area (Å²) in [7, 11) is -1.20. The molecule has 0 unspecified atom stereocenters. The maximum atomic E-state index is 12.1. The van der Waals surface area contributed by atoms with E-state index >= 15 is 0 Å². The number of benzene rings is 1. The van der Waals surface area contributed by atoms with Crippen LogP contribution in [0.3, 0.4) is 0 Å². The number of aromatic carboxylic acids is 1. The van der Waals surface area contributed by atoms with Crippen molar-refractivity contribution < 1.29 is 24.4 Å². The number of nitrogens with zero attached hydrogens (tertiary/aromatic N) is 2. The lowest BCUT2D eigenvalue weighted by atomic mass is 9.64. The van der Waals surface area contributed by atoms with E-state index in [1.807, 2.05) is 0 Å². The first kappa shape index (κ1) is 16.9. The van der Waals surface area contributed by atoms with Gasteiger partial charge >= 0.3 is 13.1 Å². The minimum Gasteiger partial charge on any atom is -0.535 e. The molecule has 0 aliphatic carbocycles. The van der Waals surface area contributed by atoms with Gasteiger partial charge in [0.1, 0.15) is 17.0 Å². The van der Waals surface area contributed by atoms with Gasteiger partial charge in [-0.1, -0.05) is 35.2 Å². The van der Waals surface area contributed by atoms with Crippen molar-refractivity contribution in [3.05, 3.63) is 34.8 Å². The van der Waals surface area contributed by atoms with Gasteiger partial charge in [-0.15, -0.1) is 10.2 Å². The van der Waals surface area contributed by atoms with Crippen molar-refractivity contribution in [1.82, 2.24) is 10.2 Å². The van der Waals surface area contributed by atoms with Crippen molar-refractivity contribution in [3.8, 4) is 5.75 Å². The molecule has 124 valence electrons. The van der Waals surface area contributed by atoms with Crippen LogP contribution in [0.1, 0.15) is 22.3 Å². The highest BCUT2D eigenvalue weighted by molar-refractivity contribution is 8.01. The Labute approximate surface area is 146 Å². The van der Waals surface area contributed by atoms with E-state index in [1.165, 1.54) is 29.2 Å². The summed E-state index contributed by atoms with van der Waals surface area (Å²) in [6.07, 6.45) is 0.552. The highest BCUT2D eigenvalue weighted by Gasteiger charge is 2.37. The molecule has 1 aliphatic rings. The number of rotatable bonds is 6. The van der Waals surface area contributed by atoms with Crippen molar-refractivity contribution in [1.29, 1.82) is 0 Å². The molecule has 2 aromatic rings. The first-order valence-corrected chi connectivity index (χ1v) is 9.01. The molecule has 2 N–H and O–H groups in total. The molecule has 0 amide bonds. The second-order valence-electron chi connectivity index (χ2n) is 5.31. The fourth-order valence-electron chi connectivity index (χ4n) is 2.55. The van der Waals surface area contributed by atoms with Gasteiger partial charge in [-0.05, 0) is 18.1 Å². The van der Waals surface area contributed by atoms with Crippen LogP contribution in [0.4, 0.5) is 0 Å². The molecule has 0 saturated heterocycles. The Kier molecular flexibility index (Phi) is 5.17. The number of para-hydroxylation sites is 1. The predicted molar refractivity (Wildman–Crippen MR) is 89.7 cm³/mol. The number of hydrogen-bond acceptors (Lipinski definition) is 8. The van der Waals surface area contributed by atoms with Crippen LogP contribution in [0.15, 0.2) is 28.0 Å². The fraction of sp³-hybridized carbons (Fsp3) is 0.286. The molecular weight excluding hydrogens is 351 g/mol. The zero-order chi connectivity index (χ0) is 17.1. The van der Waals surface area contributed by atoms with E-state index in [-0.39, 0.29) is 29.3 Å². The van der Waals surface area contributed by atoms with Crippen molar-refractivity contribution in [2.24, 2.45) is 0 Å². The summed E-state index contributed by atoms with van der Waals surface area (Å²) in [5.41, 5.74) is 2.31. The summed E-state index contributed by atoms with van der Waals surface area (Å²) in [5.74, 6) is -1.10. The molecule has 1 atom stereocenters. The number of thioether (sulfide) groups is 1. The maximum Gasteiger partial charge on any atom is 0.526 e. The number of fused-ring (bicyclic) bond motifs is 1. The highest BCUT2D eigenvalue weighted by Crippen LogP contribution is 2.36. The SMILES string of the molecule is O=C(CSc1nncs1)C[C@H]1Cc2cccc(C(=O)O)c2OB1O. The number of aromatic nitrogens is 2. The van der Waals surface area contributed by atoms with Crippen molar-refractivity contribution in [3.63, 3.8) is 0 Å². The first-order valence-electron chi connectivity index (χ1n) is 7.15. The second-order valence-corrected chi connectivity index (χ2v) is 7.36. The number of carbonyl (C=O) groups excluding carboxylic acids is 1. The van der Waals surface area contributed by atoms with E-state index in [0.717, 1.165) is 4.34 Å². The molecule has 10 heteroatoms. The third-order valence-electron chi connectivity index (χ3n) is 3.64. The van der Waals surface area contributed by atoms with Crippen molar-refractivity contribution >= 4 is 42.0 Å². The van der Waals surface area contributed by atoms with Crippen LogP contribution in [0.5, 0.6) is 5.75 Å². The molecule has 24 heavy (non-hydrogen) atoms. The molecule has 1 aliphatic heterocycles. The minimum atomic E-state index is -1.20. The number of carbonyl (C=O) groups is 2. The van der Waals surface area contributed by atoms with Gasteiger partial charge in [0.05, 0.1) is 11.3 Å². The first-order chi connectivity index (χ1) is 11.5. The van der Waals surface area contributed by atoms with Crippen LogP contribution in [0, 0.1) is 0 Å². The quantitative estimate of drug-likeness (QED) is 0.590. The summed E-state index contributed by atoms with van der Waals surface area (Å²) < 4.78 is 6.11. The van der Waals surface area contributed by atoms with Crippen molar-refractivity contribution in [2.75, 3.05) is 5.75 Å². The summed E-state index contributed by atoms with van der Waals surface area (Å²) >= 11 is 2.68. The van der Waals surface area contributed by atoms with Crippen LogP contribution in [0.2, 0.25) is 5.82 Å². The van der Waals surface area contributed by atoms with Gasteiger partial charge in [-0.2, -0.15) is 0 Å². The zero-order valence-electron chi connectivity index (χ0n) is 12.4. The topological polar surface area (TPSA) is 110 Å². The molecule has 0 saturated carbocycles. The lowest BCUT2D eigenvalue weighted by Crippen LogP contribution is -2.36. The third-order valence-corrected chi connectivity index (χ3v) is 5.56. The molecule has 0 bridgehead atoms. The normalized spacial score (nSPS) is 16.4. The van der Waals surface area contributed by atoms with E-state index in [9.17, 15) is 19.7 Å². The summed E-state index contributed by atoms with van der Waals surface area (Å²) in [5, 5.41) is 26.9. The van der Waals surface area contributed by atoms with Gasteiger partial charge in [0, 0.05) is 12.2 Å². The van der Waals surface area contributed by atoms with Crippen LogP contribution >= 0.6 is 23.1 Å². The Morgan fingerprint density at radius 2 is 2.29 bits per heavy atom. The van der Waals surface area contributed by atoms with Gasteiger partial charge in [-0.25, -0.2) is 4.79 Å². The molecular formula is C14H13BN2O5S2. The standard InChI is InChI=1S/C14H13BN2O5S2/c18-10(6-23-14-17-16-7-24-14)5-9-4-8-2-1-3-11(13(19)20)12(8)22-15(9)21/h1-3,7,9,21H,4-6H2,(H,19,20)/t9-/m1/s1. The van der Waals surface area contributed by atoms with E-state index < -0.39 is 18.9 Å². The average Bonchev–Trinajstić information content (AvgIpc) is 3.06.